The minimum absolute atomic E-state index is 0.208. The highest BCUT2D eigenvalue weighted by Crippen LogP contribution is 2.32. The molecule has 0 spiro atoms. The molecule has 2 aromatic rings. The molecule has 3 rings (SSSR count). The first kappa shape index (κ1) is 24.2. The predicted octanol–water partition coefficient (Wildman–Crippen LogP) is -1.92. The fraction of sp³-hybridized carbons (Fsp3) is 0.684. The van der Waals surface area contributed by atoms with Crippen LogP contribution in [0.15, 0.2) is 12.7 Å². The van der Waals surface area contributed by atoms with E-state index >= 15 is 0 Å². The van der Waals surface area contributed by atoms with Crippen molar-refractivity contribution in [1.82, 2.24) is 29.3 Å². The van der Waals surface area contributed by atoms with Crippen LogP contribution in [0.25, 0.3) is 11.2 Å². The molecular formula is C19H32N8O5. The monoisotopic (exact) mass is 452 g/mol. The lowest BCUT2D eigenvalue weighted by molar-refractivity contribution is -0.138. The maximum absolute atomic E-state index is 11.1. The summed E-state index contributed by atoms with van der Waals surface area (Å²) in [5, 5.41) is 30.4. The van der Waals surface area contributed by atoms with Crippen molar-refractivity contribution in [2.24, 2.45) is 5.73 Å². The Morgan fingerprint density at radius 2 is 1.97 bits per heavy atom. The molecule has 7 N–H and O–H groups in total. The van der Waals surface area contributed by atoms with Crippen LogP contribution in [0.1, 0.15) is 19.1 Å². The second-order valence-corrected chi connectivity index (χ2v) is 8.32. The number of carboxylic acids is 1. The van der Waals surface area contributed by atoms with Crippen molar-refractivity contribution in [2.45, 2.75) is 43.4 Å². The molecule has 32 heavy (non-hydrogen) atoms. The molecule has 0 aromatic carbocycles. The van der Waals surface area contributed by atoms with Crippen molar-refractivity contribution >= 4 is 23.0 Å². The average molecular weight is 453 g/mol. The van der Waals surface area contributed by atoms with E-state index in [1.54, 1.807) is 0 Å². The van der Waals surface area contributed by atoms with Gasteiger partial charge < -0.3 is 41.3 Å². The number of aromatic nitrogens is 4. The number of nitrogens with two attached hydrogens (primary N) is 2. The SMILES string of the molecule is CN(C)CCCN(CCC(N)C(=O)O)CC1OC(n2cnc3c(N)ncnc32)C(O)C1O. The van der Waals surface area contributed by atoms with Gasteiger partial charge >= 0.3 is 5.97 Å². The Hall–Kier alpha value is -2.42. The third-order valence-corrected chi connectivity index (χ3v) is 5.59. The van der Waals surface area contributed by atoms with Gasteiger partial charge in [-0.05, 0) is 40.0 Å². The summed E-state index contributed by atoms with van der Waals surface area (Å²) in [7, 11) is 3.95. The Labute approximate surface area is 185 Å². The maximum atomic E-state index is 11.1. The van der Waals surface area contributed by atoms with Gasteiger partial charge in [-0.2, -0.15) is 0 Å². The number of carboxylic acid groups (broad SMARTS) is 1. The zero-order valence-electron chi connectivity index (χ0n) is 18.3. The molecular weight excluding hydrogens is 420 g/mol. The molecule has 13 nitrogen and oxygen atoms in total. The number of nitrogen functional groups attached to an aromatic ring is 1. The predicted molar refractivity (Wildman–Crippen MR) is 115 cm³/mol. The number of nitrogens with zero attached hydrogens (tertiary/aromatic N) is 6. The first-order chi connectivity index (χ1) is 15.2. The van der Waals surface area contributed by atoms with Crippen molar-refractivity contribution in [1.29, 1.82) is 0 Å². The van der Waals surface area contributed by atoms with Crippen LogP contribution < -0.4 is 11.5 Å². The highest BCUT2D eigenvalue weighted by Gasteiger charge is 2.44. The van der Waals surface area contributed by atoms with Crippen LogP contribution in [-0.4, -0.2) is 115 Å². The Kier molecular flexibility index (Phi) is 7.92. The molecule has 5 atom stereocenters. The molecule has 0 aliphatic carbocycles. The number of imidazole rings is 1. The molecule has 1 fully saturated rings. The quantitative estimate of drug-likeness (QED) is 0.254. The molecule has 5 unspecified atom stereocenters. The number of aliphatic hydroxyl groups excluding tert-OH is 2. The van der Waals surface area contributed by atoms with Gasteiger partial charge in [-0.1, -0.05) is 0 Å². The van der Waals surface area contributed by atoms with E-state index in [2.05, 4.69) is 19.9 Å². The fourth-order valence-corrected chi connectivity index (χ4v) is 3.77. The van der Waals surface area contributed by atoms with E-state index in [0.717, 1.165) is 13.0 Å². The molecule has 3 heterocycles. The minimum Gasteiger partial charge on any atom is -0.480 e. The summed E-state index contributed by atoms with van der Waals surface area (Å²) in [6, 6.07) is -0.971. The van der Waals surface area contributed by atoms with E-state index in [9.17, 15) is 15.0 Å². The normalized spacial score (nSPS) is 24.6. The van der Waals surface area contributed by atoms with Crippen molar-refractivity contribution in [2.75, 3.05) is 46.0 Å². The van der Waals surface area contributed by atoms with Crippen molar-refractivity contribution in [3.05, 3.63) is 12.7 Å². The molecule has 0 saturated carbocycles. The fourth-order valence-electron chi connectivity index (χ4n) is 3.77. The Bertz CT molecular complexity index is 909. The van der Waals surface area contributed by atoms with Gasteiger partial charge in [0.1, 0.15) is 36.2 Å². The van der Waals surface area contributed by atoms with Crippen molar-refractivity contribution in [3.8, 4) is 0 Å². The van der Waals surface area contributed by atoms with E-state index in [-0.39, 0.29) is 12.2 Å². The lowest BCUT2D eigenvalue weighted by atomic mass is 10.1. The molecule has 178 valence electrons. The number of hydrogen-bond donors (Lipinski definition) is 5. The summed E-state index contributed by atoms with van der Waals surface area (Å²) in [4.78, 5) is 27.4. The summed E-state index contributed by atoms with van der Waals surface area (Å²) < 4.78 is 7.54. The summed E-state index contributed by atoms with van der Waals surface area (Å²) in [6.07, 6.45) is -0.130. The second kappa shape index (κ2) is 10.5. The summed E-state index contributed by atoms with van der Waals surface area (Å²) >= 11 is 0. The van der Waals surface area contributed by atoms with Gasteiger partial charge in [-0.25, -0.2) is 15.0 Å². The summed E-state index contributed by atoms with van der Waals surface area (Å²) in [5.74, 6) is -0.848. The van der Waals surface area contributed by atoms with E-state index in [1.165, 1.54) is 17.2 Å². The Morgan fingerprint density at radius 3 is 2.66 bits per heavy atom. The number of hydrogen-bond acceptors (Lipinski definition) is 11. The van der Waals surface area contributed by atoms with Crippen LogP contribution in [-0.2, 0) is 9.53 Å². The number of rotatable bonds is 11. The average Bonchev–Trinajstić information content (AvgIpc) is 3.28. The number of aliphatic carboxylic acids is 1. The lowest BCUT2D eigenvalue weighted by Gasteiger charge is -2.27. The number of ether oxygens (including phenoxy) is 1. The van der Waals surface area contributed by atoms with Gasteiger partial charge in [0.15, 0.2) is 17.7 Å². The van der Waals surface area contributed by atoms with Gasteiger partial charge in [-0.3, -0.25) is 9.36 Å². The molecule has 1 aliphatic rings. The molecule has 0 radical (unpaired) electrons. The van der Waals surface area contributed by atoms with Crippen LogP contribution >= 0.6 is 0 Å². The Morgan fingerprint density at radius 1 is 1.22 bits per heavy atom. The van der Waals surface area contributed by atoms with Gasteiger partial charge in [-0.15, -0.1) is 0 Å². The van der Waals surface area contributed by atoms with Crippen molar-refractivity contribution < 1.29 is 24.9 Å². The minimum atomic E-state index is -1.21. The molecule has 0 bridgehead atoms. The highest BCUT2D eigenvalue weighted by molar-refractivity contribution is 5.81. The molecule has 13 heteroatoms. The van der Waals surface area contributed by atoms with Crippen LogP contribution in [0.5, 0.6) is 0 Å². The zero-order valence-corrected chi connectivity index (χ0v) is 18.3. The second-order valence-electron chi connectivity index (χ2n) is 8.32. The van der Waals surface area contributed by atoms with Gasteiger partial charge in [0.25, 0.3) is 0 Å². The maximum Gasteiger partial charge on any atom is 0.320 e. The topological polar surface area (TPSA) is 189 Å². The highest BCUT2D eigenvalue weighted by atomic mass is 16.6. The lowest BCUT2D eigenvalue weighted by Crippen LogP contribution is -2.43. The van der Waals surface area contributed by atoms with Crippen LogP contribution in [0.3, 0.4) is 0 Å². The van der Waals surface area contributed by atoms with E-state index in [1.807, 2.05) is 19.0 Å². The third-order valence-electron chi connectivity index (χ3n) is 5.59. The van der Waals surface area contributed by atoms with E-state index in [0.29, 0.717) is 30.8 Å². The standard InChI is InChI=1S/C19H32N8O5/c1-25(2)5-3-6-26(7-4-11(20)19(30)31)8-12-14(28)15(29)18(32-12)27-10-24-13-16(21)22-9-23-17(13)27/h9-12,14-15,18,28-29H,3-8,20H2,1-2H3,(H,30,31)(H2,21,22,23). The first-order valence-electron chi connectivity index (χ1n) is 10.5. The zero-order chi connectivity index (χ0) is 23.4. The van der Waals surface area contributed by atoms with Crippen LogP contribution in [0, 0.1) is 0 Å². The number of carbonyl (C=O) groups is 1. The third kappa shape index (κ3) is 5.49. The molecule has 0 amide bonds. The van der Waals surface area contributed by atoms with Crippen LogP contribution in [0.4, 0.5) is 5.82 Å². The van der Waals surface area contributed by atoms with Crippen LogP contribution in [0.2, 0.25) is 0 Å². The first-order valence-corrected chi connectivity index (χ1v) is 10.5. The van der Waals surface area contributed by atoms with E-state index in [4.69, 9.17) is 21.3 Å². The summed E-state index contributed by atoms with van der Waals surface area (Å²) in [5.41, 5.74) is 12.3. The Balaban J connectivity index is 1.71. The number of anilines is 1. The molecule has 1 aliphatic heterocycles. The van der Waals surface area contributed by atoms with E-state index < -0.39 is 36.6 Å². The molecule has 2 aromatic heterocycles. The number of aliphatic hydroxyl groups is 2. The van der Waals surface area contributed by atoms with Gasteiger partial charge in [0.05, 0.1) is 6.33 Å². The van der Waals surface area contributed by atoms with Crippen molar-refractivity contribution in [3.63, 3.8) is 0 Å². The van der Waals surface area contributed by atoms with Gasteiger partial charge in [0, 0.05) is 13.1 Å². The smallest absolute Gasteiger partial charge is 0.320 e. The molecule has 1 saturated heterocycles. The largest absolute Gasteiger partial charge is 0.480 e. The van der Waals surface area contributed by atoms with Gasteiger partial charge in [0.2, 0.25) is 0 Å². The number of fused-ring (bicyclic) bond motifs is 1. The summed E-state index contributed by atoms with van der Waals surface area (Å²) in [6.45, 7) is 2.24.